The van der Waals surface area contributed by atoms with Crippen LogP contribution in [0.5, 0.6) is 0 Å². The first-order chi connectivity index (χ1) is 8.65. The van der Waals surface area contributed by atoms with Gasteiger partial charge in [0.25, 0.3) is 0 Å². The quantitative estimate of drug-likeness (QED) is 0.693. The molecule has 0 amide bonds. The summed E-state index contributed by atoms with van der Waals surface area (Å²) >= 11 is 0. The Hall–Kier alpha value is -1.82. The average Bonchev–Trinajstić information content (AvgIpc) is 2.36. The van der Waals surface area contributed by atoms with E-state index in [1.165, 1.54) is 22.3 Å². The Morgan fingerprint density at radius 1 is 0.889 bits per heavy atom. The van der Waals surface area contributed by atoms with E-state index in [1.54, 1.807) is 0 Å². The Morgan fingerprint density at radius 2 is 1.56 bits per heavy atom. The summed E-state index contributed by atoms with van der Waals surface area (Å²) in [6, 6.07) is 17.3. The minimum atomic E-state index is 0.449. The number of hydrogen-bond acceptors (Lipinski definition) is 0. The third kappa shape index (κ3) is 3.33. The van der Waals surface area contributed by atoms with E-state index in [-0.39, 0.29) is 0 Å². The molecule has 0 aliphatic heterocycles. The van der Waals surface area contributed by atoms with Gasteiger partial charge in [0.05, 0.1) is 0 Å². The fourth-order valence-electron chi connectivity index (χ4n) is 2.09. The molecule has 0 heterocycles. The maximum absolute atomic E-state index is 2.27. The predicted octanol–water partition coefficient (Wildman–Crippen LogP) is 5.12. The molecule has 18 heavy (non-hydrogen) atoms. The highest BCUT2D eigenvalue weighted by atomic mass is 14.1. The van der Waals surface area contributed by atoms with Gasteiger partial charge in [-0.25, -0.2) is 0 Å². The van der Waals surface area contributed by atoms with E-state index in [9.17, 15) is 0 Å². The Morgan fingerprint density at radius 3 is 2.22 bits per heavy atom. The van der Waals surface area contributed by atoms with Gasteiger partial charge in [-0.15, -0.1) is 0 Å². The first kappa shape index (κ1) is 12.6. The molecule has 0 radical (unpaired) electrons. The van der Waals surface area contributed by atoms with E-state index >= 15 is 0 Å². The van der Waals surface area contributed by atoms with Crippen molar-refractivity contribution in [2.45, 2.75) is 26.7 Å². The molecule has 1 unspecified atom stereocenters. The lowest BCUT2D eigenvalue weighted by Gasteiger charge is -2.07. The molecule has 0 heteroatoms. The first-order valence-electron chi connectivity index (χ1n) is 6.46. The zero-order chi connectivity index (χ0) is 13.0. The molecule has 2 rings (SSSR count). The van der Waals surface area contributed by atoms with Crippen molar-refractivity contribution < 1.29 is 0 Å². The highest BCUT2D eigenvalue weighted by molar-refractivity contribution is 5.51. The molecule has 0 saturated carbocycles. The average molecular weight is 236 g/mol. The minimum absolute atomic E-state index is 0.449. The summed E-state index contributed by atoms with van der Waals surface area (Å²) in [6.45, 7) is 6.50. The number of benzene rings is 2. The van der Waals surface area contributed by atoms with E-state index in [4.69, 9.17) is 0 Å². The highest BCUT2D eigenvalue weighted by Gasteiger charge is 2.00. The molecule has 0 nitrogen and oxygen atoms in total. The lowest BCUT2D eigenvalue weighted by molar-refractivity contribution is 0.970. The lowest BCUT2D eigenvalue weighted by Crippen LogP contribution is -1.89. The van der Waals surface area contributed by atoms with Crippen LogP contribution in [-0.2, 0) is 0 Å². The second-order valence-corrected chi connectivity index (χ2v) is 4.98. The van der Waals surface area contributed by atoms with Crippen molar-refractivity contribution >= 4 is 6.08 Å². The van der Waals surface area contributed by atoms with E-state index < -0.39 is 0 Å². The number of allylic oxidation sites excluding steroid dienone is 1. The van der Waals surface area contributed by atoms with Crippen LogP contribution in [0.1, 0.15) is 35.1 Å². The molecule has 0 fully saturated rings. The van der Waals surface area contributed by atoms with E-state index in [0.29, 0.717) is 5.92 Å². The van der Waals surface area contributed by atoms with Crippen molar-refractivity contribution in [3.05, 3.63) is 76.9 Å². The van der Waals surface area contributed by atoms with Gasteiger partial charge in [-0.1, -0.05) is 78.7 Å². The summed E-state index contributed by atoms with van der Waals surface area (Å²) in [5.41, 5.74) is 5.28. The Kier molecular flexibility index (Phi) is 3.99. The lowest BCUT2D eigenvalue weighted by atomic mass is 9.98. The zero-order valence-corrected chi connectivity index (χ0v) is 11.4. The van der Waals surface area contributed by atoms with Crippen LogP contribution in [0.2, 0.25) is 0 Å². The smallest absolute Gasteiger partial charge is 0.000701 e. The standard InChI is InChI=1S/C18H20/c1-14-6-4-8-17(12-14)11-10-16(3)18-9-5-7-15(2)13-18/h4-13,16H,1-3H3. The monoisotopic (exact) mass is 236 g/mol. The molecule has 0 saturated heterocycles. The summed E-state index contributed by atoms with van der Waals surface area (Å²) in [5.74, 6) is 0.449. The Balaban J connectivity index is 2.14. The van der Waals surface area contributed by atoms with Crippen molar-refractivity contribution in [1.29, 1.82) is 0 Å². The second-order valence-electron chi connectivity index (χ2n) is 4.98. The van der Waals surface area contributed by atoms with Crippen LogP contribution < -0.4 is 0 Å². The Labute approximate surface area is 110 Å². The number of rotatable bonds is 3. The SMILES string of the molecule is Cc1cccc(C=CC(C)c2cccc(C)c2)c1. The predicted molar refractivity (Wildman–Crippen MR) is 79.8 cm³/mol. The van der Waals surface area contributed by atoms with Crippen molar-refractivity contribution in [1.82, 2.24) is 0 Å². The molecule has 1 atom stereocenters. The first-order valence-corrected chi connectivity index (χ1v) is 6.46. The van der Waals surface area contributed by atoms with Gasteiger partial charge in [0.2, 0.25) is 0 Å². The molecule has 0 aromatic heterocycles. The molecule has 0 aliphatic carbocycles. The van der Waals surface area contributed by atoms with Crippen molar-refractivity contribution in [3.8, 4) is 0 Å². The third-order valence-corrected chi connectivity index (χ3v) is 3.19. The van der Waals surface area contributed by atoms with E-state index in [1.807, 2.05) is 0 Å². The van der Waals surface area contributed by atoms with E-state index in [2.05, 4.69) is 81.5 Å². The van der Waals surface area contributed by atoms with Crippen LogP contribution in [0.4, 0.5) is 0 Å². The number of aryl methyl sites for hydroxylation is 2. The maximum Gasteiger partial charge on any atom is -0.000701 e. The van der Waals surface area contributed by atoms with Crippen molar-refractivity contribution in [2.24, 2.45) is 0 Å². The largest absolute Gasteiger partial charge is 0.0767 e. The molecule has 0 bridgehead atoms. The van der Waals surface area contributed by atoms with Gasteiger partial charge in [-0.3, -0.25) is 0 Å². The van der Waals surface area contributed by atoms with Crippen LogP contribution in [0.25, 0.3) is 6.08 Å². The fraction of sp³-hybridized carbons (Fsp3) is 0.222. The van der Waals surface area contributed by atoms with Gasteiger partial charge < -0.3 is 0 Å². The van der Waals surface area contributed by atoms with Gasteiger partial charge in [0.1, 0.15) is 0 Å². The van der Waals surface area contributed by atoms with Crippen LogP contribution in [0, 0.1) is 13.8 Å². The number of hydrogen-bond donors (Lipinski definition) is 0. The molecular formula is C18H20. The van der Waals surface area contributed by atoms with Crippen LogP contribution in [-0.4, -0.2) is 0 Å². The topological polar surface area (TPSA) is 0 Å². The van der Waals surface area contributed by atoms with Crippen molar-refractivity contribution in [2.75, 3.05) is 0 Å². The highest BCUT2D eigenvalue weighted by Crippen LogP contribution is 2.19. The fourth-order valence-corrected chi connectivity index (χ4v) is 2.09. The zero-order valence-electron chi connectivity index (χ0n) is 11.4. The van der Waals surface area contributed by atoms with Gasteiger partial charge in [-0.05, 0) is 30.9 Å². The molecule has 2 aromatic rings. The second kappa shape index (κ2) is 5.68. The molecule has 0 aliphatic rings. The molecule has 0 spiro atoms. The third-order valence-electron chi connectivity index (χ3n) is 3.19. The van der Waals surface area contributed by atoms with E-state index in [0.717, 1.165) is 0 Å². The van der Waals surface area contributed by atoms with Gasteiger partial charge in [-0.2, -0.15) is 0 Å². The summed E-state index contributed by atoms with van der Waals surface area (Å²) in [7, 11) is 0. The normalized spacial score (nSPS) is 12.8. The van der Waals surface area contributed by atoms with Gasteiger partial charge in [0, 0.05) is 0 Å². The van der Waals surface area contributed by atoms with Gasteiger partial charge in [0.15, 0.2) is 0 Å². The minimum Gasteiger partial charge on any atom is -0.0767 e. The molecule has 0 N–H and O–H groups in total. The van der Waals surface area contributed by atoms with Gasteiger partial charge >= 0.3 is 0 Å². The maximum atomic E-state index is 2.27. The molecular weight excluding hydrogens is 216 g/mol. The van der Waals surface area contributed by atoms with Crippen LogP contribution in [0.3, 0.4) is 0 Å². The summed E-state index contributed by atoms with van der Waals surface area (Å²) in [5, 5.41) is 0. The van der Waals surface area contributed by atoms with Crippen LogP contribution in [0.15, 0.2) is 54.6 Å². The summed E-state index contributed by atoms with van der Waals surface area (Å²) < 4.78 is 0. The summed E-state index contributed by atoms with van der Waals surface area (Å²) in [6.07, 6.45) is 4.48. The molecule has 2 aromatic carbocycles. The van der Waals surface area contributed by atoms with Crippen molar-refractivity contribution in [3.63, 3.8) is 0 Å². The molecule has 92 valence electrons. The summed E-state index contributed by atoms with van der Waals surface area (Å²) in [4.78, 5) is 0. The Bertz CT molecular complexity index is 549. The van der Waals surface area contributed by atoms with Crippen LogP contribution >= 0.6 is 0 Å².